The van der Waals surface area contributed by atoms with Gasteiger partial charge in [0.2, 0.25) is 0 Å². The number of nitrogens with two attached hydrogens (primary N) is 1. The first-order valence-corrected chi connectivity index (χ1v) is 4.03. The lowest BCUT2D eigenvalue weighted by Crippen LogP contribution is -1.95. The summed E-state index contributed by atoms with van der Waals surface area (Å²) in [5.74, 6) is 0.369. The van der Waals surface area contributed by atoms with Crippen molar-refractivity contribution >= 4 is 16.9 Å². The SMILES string of the molecule is Cn1nc(CC#N)c2c(N)ncnc21. The Morgan fingerprint density at radius 1 is 1.57 bits per heavy atom. The first-order valence-electron chi connectivity index (χ1n) is 4.03. The van der Waals surface area contributed by atoms with Crippen LogP contribution in [0.25, 0.3) is 11.0 Å². The van der Waals surface area contributed by atoms with E-state index in [1.54, 1.807) is 11.7 Å². The van der Waals surface area contributed by atoms with Crippen LogP contribution in [0.1, 0.15) is 5.69 Å². The molecule has 0 radical (unpaired) electrons. The van der Waals surface area contributed by atoms with Crippen LogP contribution in [0, 0.1) is 11.3 Å². The highest BCUT2D eigenvalue weighted by Gasteiger charge is 2.12. The maximum atomic E-state index is 8.60. The van der Waals surface area contributed by atoms with E-state index < -0.39 is 0 Å². The van der Waals surface area contributed by atoms with Crippen molar-refractivity contribution in [3.63, 3.8) is 0 Å². The smallest absolute Gasteiger partial charge is 0.163 e. The Morgan fingerprint density at radius 3 is 3.07 bits per heavy atom. The Labute approximate surface area is 80.0 Å². The molecule has 0 saturated carbocycles. The van der Waals surface area contributed by atoms with Gasteiger partial charge in [0, 0.05) is 7.05 Å². The molecule has 0 bridgehead atoms. The minimum absolute atomic E-state index is 0.217. The van der Waals surface area contributed by atoms with Crippen LogP contribution in [0.3, 0.4) is 0 Å². The van der Waals surface area contributed by atoms with Gasteiger partial charge in [0.15, 0.2) is 5.65 Å². The average Bonchev–Trinajstić information content (AvgIpc) is 2.46. The van der Waals surface area contributed by atoms with Gasteiger partial charge in [0.05, 0.1) is 23.6 Å². The number of rotatable bonds is 1. The number of hydrogen-bond acceptors (Lipinski definition) is 5. The lowest BCUT2D eigenvalue weighted by atomic mass is 10.2. The number of anilines is 1. The molecule has 0 amide bonds. The number of nitrogen functional groups attached to an aromatic ring is 1. The van der Waals surface area contributed by atoms with Crippen LogP contribution in [0.5, 0.6) is 0 Å². The summed E-state index contributed by atoms with van der Waals surface area (Å²) in [7, 11) is 1.76. The van der Waals surface area contributed by atoms with Crippen molar-refractivity contribution in [3.05, 3.63) is 12.0 Å². The van der Waals surface area contributed by atoms with Crippen molar-refractivity contribution in [1.29, 1.82) is 5.26 Å². The molecule has 14 heavy (non-hydrogen) atoms. The molecule has 0 spiro atoms. The van der Waals surface area contributed by atoms with Gasteiger partial charge in [-0.3, -0.25) is 0 Å². The highest BCUT2D eigenvalue weighted by molar-refractivity contribution is 5.88. The molecule has 6 nitrogen and oxygen atoms in total. The van der Waals surface area contributed by atoms with Crippen LogP contribution in [-0.4, -0.2) is 19.7 Å². The molecule has 0 atom stereocenters. The van der Waals surface area contributed by atoms with E-state index in [0.717, 1.165) is 0 Å². The lowest BCUT2D eigenvalue weighted by molar-refractivity contribution is 0.767. The van der Waals surface area contributed by atoms with E-state index in [1.807, 2.05) is 6.07 Å². The molecule has 0 aliphatic carbocycles. The zero-order valence-corrected chi connectivity index (χ0v) is 7.60. The van der Waals surface area contributed by atoms with Crippen LogP contribution in [0.4, 0.5) is 5.82 Å². The molecular weight excluding hydrogens is 180 g/mol. The number of aromatic nitrogens is 4. The van der Waals surface area contributed by atoms with Gasteiger partial charge in [-0.25, -0.2) is 14.6 Å². The normalized spacial score (nSPS) is 10.3. The van der Waals surface area contributed by atoms with Gasteiger partial charge in [0.25, 0.3) is 0 Å². The second-order valence-electron chi connectivity index (χ2n) is 2.86. The maximum Gasteiger partial charge on any atom is 0.163 e. The number of nitriles is 1. The molecule has 0 unspecified atom stereocenters. The van der Waals surface area contributed by atoms with Gasteiger partial charge in [0.1, 0.15) is 12.1 Å². The topological polar surface area (TPSA) is 93.4 Å². The summed E-state index contributed by atoms with van der Waals surface area (Å²) in [6, 6.07) is 2.03. The summed E-state index contributed by atoms with van der Waals surface area (Å²) in [4.78, 5) is 7.91. The molecule has 2 aromatic heterocycles. The summed E-state index contributed by atoms with van der Waals surface area (Å²) in [5.41, 5.74) is 6.97. The van der Waals surface area contributed by atoms with Gasteiger partial charge in [-0.05, 0) is 0 Å². The second-order valence-corrected chi connectivity index (χ2v) is 2.86. The molecule has 2 heterocycles. The highest BCUT2D eigenvalue weighted by Crippen LogP contribution is 2.20. The Bertz CT molecular complexity index is 520. The largest absolute Gasteiger partial charge is 0.383 e. The third kappa shape index (κ3) is 1.07. The number of hydrogen-bond donors (Lipinski definition) is 1. The van der Waals surface area contributed by atoms with E-state index in [2.05, 4.69) is 15.1 Å². The Balaban J connectivity index is 2.80. The monoisotopic (exact) mass is 188 g/mol. The minimum atomic E-state index is 0.217. The van der Waals surface area contributed by atoms with Crippen LogP contribution in [-0.2, 0) is 13.5 Å². The zero-order valence-electron chi connectivity index (χ0n) is 7.60. The highest BCUT2D eigenvalue weighted by atomic mass is 15.3. The maximum absolute atomic E-state index is 8.60. The Hall–Kier alpha value is -2.16. The third-order valence-electron chi connectivity index (χ3n) is 1.97. The standard InChI is InChI=1S/C8H8N6/c1-14-8-6(5(13-14)2-3-9)7(10)11-4-12-8/h4H,2H2,1H3,(H2,10,11,12). The molecule has 2 aromatic rings. The predicted octanol–water partition coefficient (Wildman–Crippen LogP) is 0.0116. The number of nitrogens with zero attached hydrogens (tertiary/aromatic N) is 5. The van der Waals surface area contributed by atoms with E-state index in [-0.39, 0.29) is 6.42 Å². The molecule has 0 aromatic carbocycles. The van der Waals surface area contributed by atoms with Crippen LogP contribution in [0.15, 0.2) is 6.33 Å². The van der Waals surface area contributed by atoms with Crippen LogP contribution in [0.2, 0.25) is 0 Å². The van der Waals surface area contributed by atoms with Crippen molar-refractivity contribution in [2.24, 2.45) is 7.05 Å². The summed E-state index contributed by atoms with van der Waals surface area (Å²) >= 11 is 0. The second kappa shape index (κ2) is 2.96. The van der Waals surface area contributed by atoms with E-state index >= 15 is 0 Å². The van der Waals surface area contributed by atoms with E-state index in [4.69, 9.17) is 11.0 Å². The van der Waals surface area contributed by atoms with Crippen molar-refractivity contribution in [3.8, 4) is 6.07 Å². The van der Waals surface area contributed by atoms with E-state index in [9.17, 15) is 0 Å². The third-order valence-corrected chi connectivity index (χ3v) is 1.97. The number of aryl methyl sites for hydroxylation is 1. The van der Waals surface area contributed by atoms with Gasteiger partial charge in [-0.1, -0.05) is 0 Å². The van der Waals surface area contributed by atoms with Crippen molar-refractivity contribution in [1.82, 2.24) is 19.7 Å². The average molecular weight is 188 g/mol. The van der Waals surface area contributed by atoms with E-state index in [0.29, 0.717) is 22.5 Å². The molecule has 6 heteroatoms. The van der Waals surface area contributed by atoms with Gasteiger partial charge in [-0.2, -0.15) is 10.4 Å². The fraction of sp³-hybridized carbons (Fsp3) is 0.250. The van der Waals surface area contributed by atoms with Crippen molar-refractivity contribution < 1.29 is 0 Å². The summed E-state index contributed by atoms with van der Waals surface area (Å²) < 4.78 is 1.60. The first-order chi connectivity index (χ1) is 6.74. The molecular formula is C8H8N6. The number of fused-ring (bicyclic) bond motifs is 1. The molecule has 2 rings (SSSR count). The fourth-order valence-electron chi connectivity index (χ4n) is 1.39. The first kappa shape index (κ1) is 8.44. The van der Waals surface area contributed by atoms with Crippen molar-refractivity contribution in [2.45, 2.75) is 6.42 Å². The van der Waals surface area contributed by atoms with Crippen molar-refractivity contribution in [2.75, 3.05) is 5.73 Å². The lowest BCUT2D eigenvalue weighted by Gasteiger charge is -1.94. The van der Waals surface area contributed by atoms with Gasteiger partial charge >= 0.3 is 0 Å². The van der Waals surface area contributed by atoms with Crippen LogP contribution < -0.4 is 5.73 Å². The predicted molar refractivity (Wildman–Crippen MR) is 50.0 cm³/mol. The summed E-state index contributed by atoms with van der Waals surface area (Å²) in [6.45, 7) is 0. The fourth-order valence-corrected chi connectivity index (χ4v) is 1.39. The van der Waals surface area contributed by atoms with Gasteiger partial charge < -0.3 is 5.73 Å². The summed E-state index contributed by atoms with van der Waals surface area (Å²) in [6.07, 6.45) is 1.60. The van der Waals surface area contributed by atoms with Gasteiger partial charge in [-0.15, -0.1) is 0 Å². The molecule has 0 fully saturated rings. The van der Waals surface area contributed by atoms with E-state index in [1.165, 1.54) is 6.33 Å². The molecule has 2 N–H and O–H groups in total. The molecule has 70 valence electrons. The summed E-state index contributed by atoms with van der Waals surface area (Å²) in [5, 5.41) is 13.4. The molecule has 0 aliphatic rings. The Morgan fingerprint density at radius 2 is 2.36 bits per heavy atom. The molecule has 0 saturated heterocycles. The minimum Gasteiger partial charge on any atom is -0.383 e. The quantitative estimate of drug-likeness (QED) is 0.680. The Kier molecular flexibility index (Phi) is 1.78. The zero-order chi connectivity index (χ0) is 10.1. The van der Waals surface area contributed by atoms with Crippen LogP contribution >= 0.6 is 0 Å². The molecule has 0 aliphatic heterocycles.